The van der Waals surface area contributed by atoms with Crippen molar-refractivity contribution in [2.45, 2.75) is 33.1 Å². The zero-order valence-corrected chi connectivity index (χ0v) is 17.4. The van der Waals surface area contributed by atoms with Gasteiger partial charge in [0.05, 0.1) is 49.4 Å². The molecule has 2 N–H and O–H groups in total. The first-order valence-corrected chi connectivity index (χ1v) is 10.7. The summed E-state index contributed by atoms with van der Waals surface area (Å²) < 4.78 is 2.23. The highest BCUT2D eigenvalue weighted by Gasteiger charge is 2.27. The molecule has 6 heteroatoms. The van der Waals surface area contributed by atoms with Gasteiger partial charge < -0.3 is 14.9 Å². The van der Waals surface area contributed by atoms with E-state index < -0.39 is 0 Å². The molecule has 0 spiro atoms. The van der Waals surface area contributed by atoms with Crippen LogP contribution in [0.15, 0.2) is 24.3 Å². The molecule has 0 saturated carbocycles. The molecule has 1 saturated heterocycles. The number of aliphatic hydroxyl groups is 1. The average molecular weight is 393 g/mol. The van der Waals surface area contributed by atoms with E-state index in [1.54, 1.807) is 0 Å². The quantitative estimate of drug-likeness (QED) is 0.670. The zero-order chi connectivity index (χ0) is 20.4. The predicted octanol–water partition coefficient (Wildman–Crippen LogP) is 1.71. The predicted molar refractivity (Wildman–Crippen MR) is 116 cm³/mol. The number of nitriles is 1. The first-order chi connectivity index (χ1) is 14.2. The van der Waals surface area contributed by atoms with E-state index in [1.807, 2.05) is 18.2 Å². The van der Waals surface area contributed by atoms with E-state index in [1.165, 1.54) is 16.3 Å². The van der Waals surface area contributed by atoms with Crippen LogP contribution < -0.4 is 9.80 Å². The smallest absolute Gasteiger partial charge is 0.157 e. The number of aliphatic hydroxyl groups excluding tert-OH is 1. The summed E-state index contributed by atoms with van der Waals surface area (Å²) in [7, 11) is 0. The van der Waals surface area contributed by atoms with Crippen LogP contribution in [0.5, 0.6) is 0 Å². The van der Waals surface area contributed by atoms with Crippen LogP contribution in [0.25, 0.3) is 16.7 Å². The van der Waals surface area contributed by atoms with E-state index in [0.29, 0.717) is 5.56 Å². The Morgan fingerprint density at radius 1 is 1.24 bits per heavy atom. The molecule has 1 fully saturated rings. The van der Waals surface area contributed by atoms with Crippen molar-refractivity contribution in [3.05, 3.63) is 41.0 Å². The van der Waals surface area contributed by atoms with E-state index in [2.05, 4.69) is 35.3 Å². The van der Waals surface area contributed by atoms with E-state index >= 15 is 0 Å². The number of hydrogen-bond acceptors (Lipinski definition) is 4. The van der Waals surface area contributed by atoms with Crippen molar-refractivity contribution in [2.75, 3.05) is 44.2 Å². The Labute approximate surface area is 172 Å². The van der Waals surface area contributed by atoms with Crippen LogP contribution in [0.4, 0.5) is 5.82 Å². The van der Waals surface area contributed by atoms with Crippen LogP contribution in [-0.2, 0) is 6.42 Å². The average Bonchev–Trinajstić information content (AvgIpc) is 3.12. The summed E-state index contributed by atoms with van der Waals surface area (Å²) in [6.45, 7) is 9.27. The van der Waals surface area contributed by atoms with Crippen molar-refractivity contribution in [1.82, 2.24) is 9.38 Å². The van der Waals surface area contributed by atoms with Gasteiger partial charge in [-0.2, -0.15) is 5.26 Å². The van der Waals surface area contributed by atoms with E-state index in [-0.39, 0.29) is 6.61 Å². The second-order valence-electron chi connectivity index (χ2n) is 7.99. The monoisotopic (exact) mass is 392 g/mol. The molecular weight excluding hydrogens is 362 g/mol. The number of pyridine rings is 1. The Balaban J connectivity index is 1.94. The van der Waals surface area contributed by atoms with E-state index in [9.17, 15) is 10.4 Å². The Kier molecular flexibility index (Phi) is 5.70. The largest absolute Gasteiger partial charge is 0.391 e. The van der Waals surface area contributed by atoms with Gasteiger partial charge >= 0.3 is 0 Å². The molecule has 3 aromatic rings. The molecule has 0 aliphatic carbocycles. The SMILES string of the molecule is CCCCc1c(C)c(C#N)c2nc3ccccc3n2c1N1CC[NH+](CCO)CC1. The van der Waals surface area contributed by atoms with Crippen LogP contribution in [0, 0.1) is 18.3 Å². The van der Waals surface area contributed by atoms with Crippen LogP contribution in [-0.4, -0.2) is 53.8 Å². The Morgan fingerprint density at radius 2 is 2.00 bits per heavy atom. The maximum Gasteiger partial charge on any atom is 0.157 e. The lowest BCUT2D eigenvalue weighted by Crippen LogP contribution is -3.15. The van der Waals surface area contributed by atoms with Crippen LogP contribution in [0.1, 0.15) is 36.5 Å². The highest BCUT2D eigenvalue weighted by Crippen LogP contribution is 2.34. The number of nitrogens with zero attached hydrogens (tertiary/aromatic N) is 4. The van der Waals surface area contributed by atoms with Gasteiger partial charge in [0.25, 0.3) is 0 Å². The van der Waals surface area contributed by atoms with Crippen molar-refractivity contribution in [1.29, 1.82) is 5.26 Å². The van der Waals surface area contributed by atoms with Gasteiger partial charge in [0.15, 0.2) is 5.65 Å². The number of para-hydroxylation sites is 2. The normalized spacial score (nSPS) is 15.3. The number of piperazine rings is 1. The molecule has 4 rings (SSSR count). The number of rotatable bonds is 6. The molecule has 1 aromatic carbocycles. The molecule has 152 valence electrons. The van der Waals surface area contributed by atoms with Crippen LogP contribution >= 0.6 is 0 Å². The summed E-state index contributed by atoms with van der Waals surface area (Å²) in [5.74, 6) is 1.21. The molecule has 0 unspecified atom stereocenters. The molecule has 3 heterocycles. The Morgan fingerprint density at radius 3 is 2.69 bits per heavy atom. The lowest BCUT2D eigenvalue weighted by atomic mass is 9.99. The number of imidazole rings is 1. The second-order valence-corrected chi connectivity index (χ2v) is 7.99. The third-order valence-corrected chi connectivity index (χ3v) is 6.22. The number of quaternary nitrogens is 1. The Hall–Kier alpha value is -2.62. The number of benzene rings is 1. The minimum atomic E-state index is 0.240. The first kappa shape index (κ1) is 19.7. The fourth-order valence-electron chi connectivity index (χ4n) is 4.59. The van der Waals surface area contributed by atoms with Gasteiger partial charge in [0.2, 0.25) is 0 Å². The molecule has 1 aliphatic rings. The maximum atomic E-state index is 9.94. The summed E-state index contributed by atoms with van der Waals surface area (Å²) in [4.78, 5) is 8.77. The van der Waals surface area contributed by atoms with Crippen molar-refractivity contribution >= 4 is 22.5 Å². The van der Waals surface area contributed by atoms with Gasteiger partial charge in [-0.15, -0.1) is 0 Å². The van der Waals surface area contributed by atoms with E-state index in [0.717, 1.165) is 74.2 Å². The summed E-state index contributed by atoms with van der Waals surface area (Å²) >= 11 is 0. The second kappa shape index (κ2) is 8.40. The van der Waals surface area contributed by atoms with Crippen molar-refractivity contribution in [3.63, 3.8) is 0 Å². The number of hydrogen-bond donors (Lipinski definition) is 2. The lowest BCUT2D eigenvalue weighted by molar-refractivity contribution is -0.900. The molecule has 0 radical (unpaired) electrons. The standard InChI is InChI=1S/C23H29N5O/c1-3-4-7-18-17(2)19(16-24)22-25-20-8-5-6-9-21(20)28(22)23(18)27-12-10-26(11-13-27)14-15-29/h5-6,8-9,29H,3-4,7,10-15H2,1-2H3/p+1. The summed E-state index contributed by atoms with van der Waals surface area (Å²) in [5, 5.41) is 19.2. The maximum absolute atomic E-state index is 9.94. The fourth-order valence-corrected chi connectivity index (χ4v) is 4.59. The van der Waals surface area contributed by atoms with Gasteiger partial charge in [-0.25, -0.2) is 4.98 Å². The molecular formula is C23H30N5O+. The molecule has 0 atom stereocenters. The molecule has 0 amide bonds. The third kappa shape index (κ3) is 3.45. The van der Waals surface area contributed by atoms with Crippen LogP contribution in [0.3, 0.4) is 0 Å². The Bertz CT molecular complexity index is 1060. The van der Waals surface area contributed by atoms with Crippen molar-refractivity contribution < 1.29 is 10.0 Å². The highest BCUT2D eigenvalue weighted by atomic mass is 16.3. The van der Waals surface area contributed by atoms with Crippen molar-refractivity contribution in [2.24, 2.45) is 0 Å². The fraction of sp³-hybridized carbons (Fsp3) is 0.478. The van der Waals surface area contributed by atoms with E-state index in [4.69, 9.17) is 4.98 Å². The highest BCUT2D eigenvalue weighted by molar-refractivity contribution is 5.86. The minimum Gasteiger partial charge on any atom is -0.391 e. The van der Waals surface area contributed by atoms with Crippen LogP contribution in [0.2, 0.25) is 0 Å². The summed E-state index contributed by atoms with van der Waals surface area (Å²) in [6, 6.07) is 10.6. The van der Waals surface area contributed by atoms with Gasteiger partial charge in [-0.3, -0.25) is 4.40 Å². The first-order valence-electron chi connectivity index (χ1n) is 10.7. The number of aromatic nitrogens is 2. The summed E-state index contributed by atoms with van der Waals surface area (Å²) in [6.07, 6.45) is 3.20. The number of nitrogens with one attached hydrogen (secondary N) is 1. The molecule has 1 aliphatic heterocycles. The minimum absolute atomic E-state index is 0.240. The third-order valence-electron chi connectivity index (χ3n) is 6.22. The molecule has 6 nitrogen and oxygen atoms in total. The summed E-state index contributed by atoms with van der Waals surface area (Å²) in [5.41, 5.74) is 5.82. The van der Waals surface area contributed by atoms with Gasteiger partial charge in [-0.1, -0.05) is 25.5 Å². The van der Waals surface area contributed by atoms with Gasteiger partial charge in [-0.05, 0) is 43.0 Å². The lowest BCUT2D eigenvalue weighted by Gasteiger charge is -2.35. The number of unbranched alkanes of at least 4 members (excludes halogenated alkanes) is 1. The zero-order valence-electron chi connectivity index (χ0n) is 17.4. The molecule has 2 aromatic heterocycles. The number of fused-ring (bicyclic) bond motifs is 3. The van der Waals surface area contributed by atoms with Crippen molar-refractivity contribution in [3.8, 4) is 6.07 Å². The van der Waals surface area contributed by atoms with Gasteiger partial charge in [0.1, 0.15) is 18.4 Å². The number of anilines is 1. The molecule has 0 bridgehead atoms. The molecule has 29 heavy (non-hydrogen) atoms. The van der Waals surface area contributed by atoms with Gasteiger partial charge in [0, 0.05) is 0 Å². The topological polar surface area (TPSA) is 69.0 Å².